The summed E-state index contributed by atoms with van der Waals surface area (Å²) in [7, 11) is -3.66. The number of halogens is 1. The van der Waals surface area contributed by atoms with E-state index >= 15 is 0 Å². The van der Waals surface area contributed by atoms with Crippen molar-refractivity contribution < 1.29 is 18.0 Å². The number of benzene rings is 2. The van der Waals surface area contributed by atoms with Gasteiger partial charge in [0.1, 0.15) is 0 Å². The molecule has 1 aliphatic heterocycles. The second kappa shape index (κ2) is 9.16. The van der Waals surface area contributed by atoms with Crippen molar-refractivity contribution in [2.24, 2.45) is 0 Å². The summed E-state index contributed by atoms with van der Waals surface area (Å²) in [5, 5.41) is 5.56. The maximum Gasteiger partial charge on any atom is 0.255 e. The van der Waals surface area contributed by atoms with E-state index in [2.05, 4.69) is 10.6 Å². The van der Waals surface area contributed by atoms with Crippen LogP contribution in [0.5, 0.6) is 0 Å². The van der Waals surface area contributed by atoms with Crippen LogP contribution in [0.15, 0.2) is 41.3 Å². The lowest BCUT2D eigenvalue weighted by Crippen LogP contribution is -2.36. The maximum absolute atomic E-state index is 13.1. The molecule has 160 valence electrons. The van der Waals surface area contributed by atoms with Crippen LogP contribution in [0, 0.1) is 6.92 Å². The second-order valence-electron chi connectivity index (χ2n) is 7.27. The molecule has 3 rings (SSSR count). The molecular formula is C21H24ClN3O4S. The Morgan fingerprint density at radius 1 is 1.00 bits per heavy atom. The van der Waals surface area contributed by atoms with Crippen LogP contribution < -0.4 is 10.6 Å². The lowest BCUT2D eigenvalue weighted by Gasteiger charge is -2.26. The number of aryl methyl sites for hydroxylation is 1. The zero-order valence-electron chi connectivity index (χ0n) is 16.9. The molecule has 1 aliphatic rings. The second-order valence-corrected chi connectivity index (χ2v) is 9.59. The molecule has 2 N–H and O–H groups in total. The fourth-order valence-corrected chi connectivity index (χ4v) is 5.35. The number of carbonyl (C=O) groups is 2. The number of anilines is 2. The van der Waals surface area contributed by atoms with E-state index in [1.807, 2.05) is 0 Å². The first kappa shape index (κ1) is 22.3. The van der Waals surface area contributed by atoms with Gasteiger partial charge >= 0.3 is 0 Å². The number of piperidine rings is 1. The largest absolute Gasteiger partial charge is 0.326 e. The number of sulfonamides is 1. The molecule has 0 saturated carbocycles. The molecule has 2 aromatic rings. The molecule has 1 fully saturated rings. The summed E-state index contributed by atoms with van der Waals surface area (Å²) in [5.41, 5.74) is 1.68. The van der Waals surface area contributed by atoms with Crippen molar-refractivity contribution in [3.8, 4) is 0 Å². The number of hydrogen-bond acceptors (Lipinski definition) is 4. The lowest BCUT2D eigenvalue weighted by atomic mass is 10.1. The average Bonchev–Trinajstić information content (AvgIpc) is 2.70. The van der Waals surface area contributed by atoms with Gasteiger partial charge in [-0.25, -0.2) is 8.42 Å². The zero-order chi connectivity index (χ0) is 21.9. The molecule has 0 radical (unpaired) electrons. The van der Waals surface area contributed by atoms with E-state index in [1.54, 1.807) is 31.2 Å². The molecule has 2 amide bonds. The number of nitrogens with one attached hydrogen (secondary N) is 2. The molecule has 0 atom stereocenters. The van der Waals surface area contributed by atoms with Crippen molar-refractivity contribution in [1.82, 2.24) is 4.31 Å². The summed E-state index contributed by atoms with van der Waals surface area (Å²) >= 11 is 6.21. The van der Waals surface area contributed by atoms with Crippen LogP contribution in [-0.2, 0) is 14.8 Å². The Labute approximate surface area is 181 Å². The Hall–Kier alpha value is -2.42. The predicted molar refractivity (Wildman–Crippen MR) is 117 cm³/mol. The SMILES string of the molecule is CC(=O)Nc1ccc(NC(=O)c2ccc(C)c(S(=O)(=O)N3CCCCC3)c2)c(Cl)c1. The normalized spacial score (nSPS) is 14.9. The molecule has 1 heterocycles. The van der Waals surface area contributed by atoms with Gasteiger partial charge in [-0.3, -0.25) is 9.59 Å². The Morgan fingerprint density at radius 3 is 2.33 bits per heavy atom. The van der Waals surface area contributed by atoms with E-state index in [0.717, 1.165) is 19.3 Å². The molecule has 30 heavy (non-hydrogen) atoms. The van der Waals surface area contributed by atoms with Crippen LogP contribution in [0.25, 0.3) is 0 Å². The van der Waals surface area contributed by atoms with Crippen LogP contribution in [0.1, 0.15) is 42.1 Å². The van der Waals surface area contributed by atoms with Gasteiger partial charge in [-0.2, -0.15) is 4.31 Å². The van der Waals surface area contributed by atoms with Crippen LogP contribution in [-0.4, -0.2) is 37.6 Å². The highest BCUT2D eigenvalue weighted by molar-refractivity contribution is 7.89. The van der Waals surface area contributed by atoms with Crippen molar-refractivity contribution in [2.75, 3.05) is 23.7 Å². The summed E-state index contributed by atoms with van der Waals surface area (Å²) in [4.78, 5) is 24.0. The van der Waals surface area contributed by atoms with Gasteiger partial charge in [0.05, 0.1) is 15.6 Å². The van der Waals surface area contributed by atoms with E-state index in [9.17, 15) is 18.0 Å². The van der Waals surface area contributed by atoms with Crippen molar-refractivity contribution in [1.29, 1.82) is 0 Å². The topological polar surface area (TPSA) is 95.6 Å². The number of hydrogen-bond donors (Lipinski definition) is 2. The zero-order valence-corrected chi connectivity index (χ0v) is 18.4. The third-order valence-corrected chi connectivity index (χ3v) is 7.27. The minimum absolute atomic E-state index is 0.143. The van der Waals surface area contributed by atoms with Gasteiger partial charge in [0.2, 0.25) is 15.9 Å². The molecule has 7 nitrogen and oxygen atoms in total. The van der Waals surface area contributed by atoms with Crippen LogP contribution in [0.4, 0.5) is 11.4 Å². The molecule has 9 heteroatoms. The quantitative estimate of drug-likeness (QED) is 0.720. The summed E-state index contributed by atoms with van der Waals surface area (Å²) in [5.74, 6) is -0.704. The van der Waals surface area contributed by atoms with E-state index in [4.69, 9.17) is 11.6 Å². The Morgan fingerprint density at radius 2 is 1.70 bits per heavy atom. The van der Waals surface area contributed by atoms with Crippen molar-refractivity contribution in [3.05, 3.63) is 52.5 Å². The molecule has 0 unspecified atom stereocenters. The average molecular weight is 450 g/mol. The Bertz CT molecular complexity index is 1080. The van der Waals surface area contributed by atoms with Gasteiger partial charge in [-0.05, 0) is 55.7 Å². The summed E-state index contributed by atoms with van der Waals surface area (Å²) in [6.45, 7) is 4.09. The minimum atomic E-state index is -3.66. The standard InChI is InChI=1S/C21H24ClN3O4S/c1-14-6-7-16(12-20(14)30(28,29)25-10-4-3-5-11-25)21(27)24-19-9-8-17(13-18(19)22)23-15(2)26/h6-9,12-13H,3-5,10-11H2,1-2H3,(H,23,26)(H,24,27). The molecule has 0 bridgehead atoms. The third kappa shape index (κ3) is 5.00. The first-order valence-electron chi connectivity index (χ1n) is 9.68. The van der Waals surface area contributed by atoms with Gasteiger partial charge in [-0.1, -0.05) is 24.1 Å². The smallest absolute Gasteiger partial charge is 0.255 e. The first-order chi connectivity index (χ1) is 14.2. The maximum atomic E-state index is 13.1. The van der Waals surface area contributed by atoms with E-state index in [-0.39, 0.29) is 21.4 Å². The number of amides is 2. The highest BCUT2D eigenvalue weighted by atomic mass is 35.5. The number of nitrogens with zero attached hydrogens (tertiary/aromatic N) is 1. The fourth-order valence-electron chi connectivity index (χ4n) is 3.36. The minimum Gasteiger partial charge on any atom is -0.326 e. The molecule has 2 aromatic carbocycles. The van der Waals surface area contributed by atoms with Crippen molar-refractivity contribution in [2.45, 2.75) is 38.0 Å². The number of rotatable bonds is 5. The summed E-state index contributed by atoms with van der Waals surface area (Å²) in [6.07, 6.45) is 2.70. The van der Waals surface area contributed by atoms with E-state index in [0.29, 0.717) is 30.0 Å². The summed E-state index contributed by atoms with van der Waals surface area (Å²) < 4.78 is 27.6. The van der Waals surface area contributed by atoms with E-state index in [1.165, 1.54) is 23.4 Å². The lowest BCUT2D eigenvalue weighted by molar-refractivity contribution is -0.114. The molecular weight excluding hydrogens is 426 g/mol. The van der Waals surface area contributed by atoms with E-state index < -0.39 is 15.9 Å². The van der Waals surface area contributed by atoms with Gasteiger partial charge in [0.15, 0.2) is 0 Å². The van der Waals surface area contributed by atoms with Crippen LogP contribution in [0.3, 0.4) is 0 Å². The highest BCUT2D eigenvalue weighted by Gasteiger charge is 2.28. The Balaban J connectivity index is 1.84. The molecule has 0 aliphatic carbocycles. The van der Waals surface area contributed by atoms with Crippen LogP contribution >= 0.6 is 11.6 Å². The van der Waals surface area contributed by atoms with Gasteiger partial charge in [-0.15, -0.1) is 0 Å². The fraction of sp³-hybridized carbons (Fsp3) is 0.333. The summed E-state index contributed by atoms with van der Waals surface area (Å²) in [6, 6.07) is 9.34. The Kier molecular flexibility index (Phi) is 6.80. The molecule has 0 aromatic heterocycles. The van der Waals surface area contributed by atoms with Crippen LogP contribution in [0.2, 0.25) is 5.02 Å². The van der Waals surface area contributed by atoms with Gasteiger partial charge in [0.25, 0.3) is 5.91 Å². The monoisotopic (exact) mass is 449 g/mol. The third-order valence-electron chi connectivity index (χ3n) is 4.92. The number of carbonyl (C=O) groups excluding carboxylic acids is 2. The predicted octanol–water partition coefficient (Wildman–Crippen LogP) is 4.03. The van der Waals surface area contributed by atoms with Crippen molar-refractivity contribution >= 4 is 44.8 Å². The van der Waals surface area contributed by atoms with Gasteiger partial charge in [0, 0.05) is 31.3 Å². The first-order valence-corrected chi connectivity index (χ1v) is 11.5. The highest BCUT2D eigenvalue weighted by Crippen LogP contribution is 2.28. The van der Waals surface area contributed by atoms with Gasteiger partial charge < -0.3 is 10.6 Å². The molecule has 0 spiro atoms. The molecule has 1 saturated heterocycles. The van der Waals surface area contributed by atoms with Crippen molar-refractivity contribution in [3.63, 3.8) is 0 Å².